The van der Waals surface area contributed by atoms with Crippen LogP contribution in [0.25, 0.3) is 0 Å². The van der Waals surface area contributed by atoms with E-state index in [4.69, 9.17) is 16.3 Å². The molecule has 1 saturated heterocycles. The van der Waals surface area contributed by atoms with Crippen molar-refractivity contribution < 1.29 is 9.66 Å². The summed E-state index contributed by atoms with van der Waals surface area (Å²) in [6.45, 7) is 1.60. The zero-order valence-corrected chi connectivity index (χ0v) is 11.4. The van der Waals surface area contributed by atoms with Gasteiger partial charge in [-0.05, 0) is 31.7 Å². The number of halogens is 1. The molecule has 104 valence electrons. The van der Waals surface area contributed by atoms with E-state index in [1.165, 1.54) is 18.6 Å². The smallest absolute Gasteiger partial charge is 0.271 e. The van der Waals surface area contributed by atoms with Crippen LogP contribution in [-0.4, -0.2) is 24.2 Å². The Hall–Kier alpha value is -1.33. The van der Waals surface area contributed by atoms with Crippen molar-refractivity contribution in [2.75, 3.05) is 18.5 Å². The minimum Gasteiger partial charge on any atom is -0.384 e. The fraction of sp³-hybridized carbons (Fsp3) is 0.538. The number of anilines is 1. The molecule has 0 aliphatic carbocycles. The second-order valence-corrected chi connectivity index (χ2v) is 5.03. The summed E-state index contributed by atoms with van der Waals surface area (Å²) in [5.74, 6) is 0. The molecule has 1 atom stereocenters. The minimum atomic E-state index is -0.453. The van der Waals surface area contributed by atoms with E-state index in [0.29, 0.717) is 11.1 Å². The molecule has 6 heteroatoms. The Kier molecular flexibility index (Phi) is 4.99. The third kappa shape index (κ3) is 4.08. The number of nitrogens with one attached hydrogen (secondary N) is 1. The largest absolute Gasteiger partial charge is 0.384 e. The van der Waals surface area contributed by atoms with Gasteiger partial charge in [0, 0.05) is 25.3 Å². The first-order valence-corrected chi connectivity index (χ1v) is 6.84. The summed E-state index contributed by atoms with van der Waals surface area (Å²) in [7, 11) is 0. The van der Waals surface area contributed by atoms with Gasteiger partial charge >= 0.3 is 0 Å². The minimum absolute atomic E-state index is 0.00571. The summed E-state index contributed by atoms with van der Waals surface area (Å²) >= 11 is 6.00. The highest BCUT2D eigenvalue weighted by molar-refractivity contribution is 6.33. The number of nitro groups is 1. The number of nitro benzene ring substituents is 1. The number of rotatable bonds is 5. The van der Waals surface area contributed by atoms with Gasteiger partial charge in [0.05, 0.1) is 21.7 Å². The summed E-state index contributed by atoms with van der Waals surface area (Å²) in [5, 5.41) is 14.2. The quantitative estimate of drug-likeness (QED) is 0.662. The van der Waals surface area contributed by atoms with Crippen molar-refractivity contribution in [3.05, 3.63) is 33.3 Å². The van der Waals surface area contributed by atoms with Gasteiger partial charge in [-0.15, -0.1) is 0 Å². The Balaban J connectivity index is 1.83. The lowest BCUT2D eigenvalue weighted by Gasteiger charge is -2.22. The standard InChI is InChI=1S/C13H17ClN2O3/c14-12-9-10(16(17)18)4-5-13(12)15-7-6-11-3-1-2-8-19-11/h4-5,9,11,15H,1-3,6-8H2. The summed E-state index contributed by atoms with van der Waals surface area (Å²) in [5.41, 5.74) is 0.731. The molecule has 1 unspecified atom stereocenters. The third-order valence-corrected chi connectivity index (χ3v) is 3.53. The molecular weight excluding hydrogens is 268 g/mol. The predicted octanol–water partition coefficient (Wildman–Crippen LogP) is 3.62. The lowest BCUT2D eigenvalue weighted by atomic mass is 10.1. The van der Waals surface area contributed by atoms with Gasteiger partial charge in [0.15, 0.2) is 0 Å². The molecule has 19 heavy (non-hydrogen) atoms. The van der Waals surface area contributed by atoms with E-state index in [0.717, 1.165) is 38.1 Å². The topological polar surface area (TPSA) is 64.4 Å². The van der Waals surface area contributed by atoms with Gasteiger partial charge in [0.2, 0.25) is 0 Å². The van der Waals surface area contributed by atoms with Crippen molar-refractivity contribution in [3.8, 4) is 0 Å². The summed E-state index contributed by atoms with van der Waals surface area (Å²) in [6.07, 6.45) is 4.72. The second kappa shape index (κ2) is 6.73. The lowest BCUT2D eigenvalue weighted by molar-refractivity contribution is -0.384. The van der Waals surface area contributed by atoms with Gasteiger partial charge in [-0.25, -0.2) is 0 Å². The molecule has 1 aromatic carbocycles. The molecule has 1 fully saturated rings. The molecule has 5 nitrogen and oxygen atoms in total. The molecule has 0 spiro atoms. The molecule has 1 aliphatic rings. The van der Waals surface area contributed by atoms with E-state index >= 15 is 0 Å². The molecule has 1 aliphatic heterocycles. The van der Waals surface area contributed by atoms with E-state index < -0.39 is 4.92 Å². The number of hydrogen-bond donors (Lipinski definition) is 1. The van der Waals surface area contributed by atoms with Crippen molar-refractivity contribution in [1.29, 1.82) is 0 Å². The van der Waals surface area contributed by atoms with Crippen molar-refractivity contribution in [3.63, 3.8) is 0 Å². The molecule has 0 amide bonds. The fourth-order valence-electron chi connectivity index (χ4n) is 2.16. The Bertz CT molecular complexity index is 448. The summed E-state index contributed by atoms with van der Waals surface area (Å²) in [6, 6.07) is 4.45. The van der Waals surface area contributed by atoms with E-state index in [2.05, 4.69) is 5.32 Å². The lowest BCUT2D eigenvalue weighted by Crippen LogP contribution is -2.22. The molecule has 0 bridgehead atoms. The van der Waals surface area contributed by atoms with Crippen molar-refractivity contribution in [1.82, 2.24) is 0 Å². The molecule has 0 aromatic heterocycles. The first-order valence-electron chi connectivity index (χ1n) is 6.46. The Labute approximate surface area is 117 Å². The number of hydrogen-bond acceptors (Lipinski definition) is 4. The van der Waals surface area contributed by atoms with Crippen LogP contribution >= 0.6 is 11.6 Å². The predicted molar refractivity (Wildman–Crippen MR) is 74.8 cm³/mol. The molecule has 1 heterocycles. The van der Waals surface area contributed by atoms with Gasteiger partial charge in [-0.1, -0.05) is 11.6 Å². The highest BCUT2D eigenvalue weighted by Gasteiger charge is 2.14. The molecule has 1 aromatic rings. The van der Waals surface area contributed by atoms with E-state index in [1.807, 2.05) is 0 Å². The normalized spacial score (nSPS) is 19.1. The van der Waals surface area contributed by atoms with E-state index in [9.17, 15) is 10.1 Å². The van der Waals surface area contributed by atoms with E-state index in [-0.39, 0.29) is 5.69 Å². The van der Waals surface area contributed by atoms with Crippen LogP contribution in [0.4, 0.5) is 11.4 Å². The van der Waals surface area contributed by atoms with Crippen LogP contribution < -0.4 is 5.32 Å². The van der Waals surface area contributed by atoms with Crippen molar-refractivity contribution >= 4 is 23.0 Å². The fourth-order valence-corrected chi connectivity index (χ4v) is 2.41. The molecule has 0 radical (unpaired) electrons. The molecular formula is C13H17ClN2O3. The SMILES string of the molecule is O=[N+]([O-])c1ccc(NCCC2CCCCO2)c(Cl)c1. The van der Waals surface area contributed by atoms with Crippen LogP contribution in [0.1, 0.15) is 25.7 Å². The first kappa shape index (κ1) is 14.1. The Morgan fingerprint density at radius 3 is 2.95 bits per heavy atom. The highest BCUT2D eigenvalue weighted by Crippen LogP contribution is 2.26. The maximum Gasteiger partial charge on any atom is 0.271 e. The van der Waals surface area contributed by atoms with E-state index in [1.54, 1.807) is 6.07 Å². The van der Waals surface area contributed by atoms with Crippen LogP contribution in [0, 0.1) is 10.1 Å². The average molecular weight is 285 g/mol. The number of benzene rings is 1. The monoisotopic (exact) mass is 284 g/mol. The maximum atomic E-state index is 10.6. The maximum absolute atomic E-state index is 10.6. The first-order chi connectivity index (χ1) is 9.16. The summed E-state index contributed by atoms with van der Waals surface area (Å²) in [4.78, 5) is 10.1. The molecule has 0 saturated carbocycles. The third-order valence-electron chi connectivity index (χ3n) is 3.22. The Morgan fingerprint density at radius 2 is 2.32 bits per heavy atom. The van der Waals surface area contributed by atoms with Crippen molar-refractivity contribution in [2.45, 2.75) is 31.8 Å². The van der Waals surface area contributed by atoms with Gasteiger partial charge in [0.1, 0.15) is 0 Å². The Morgan fingerprint density at radius 1 is 1.47 bits per heavy atom. The highest BCUT2D eigenvalue weighted by atomic mass is 35.5. The summed E-state index contributed by atoms with van der Waals surface area (Å²) < 4.78 is 5.63. The van der Waals surface area contributed by atoms with Gasteiger partial charge < -0.3 is 10.1 Å². The average Bonchev–Trinajstić information content (AvgIpc) is 2.41. The molecule has 1 N–H and O–H groups in total. The van der Waals surface area contributed by atoms with Crippen LogP contribution in [0.3, 0.4) is 0 Å². The van der Waals surface area contributed by atoms with Crippen LogP contribution in [0.5, 0.6) is 0 Å². The zero-order chi connectivity index (χ0) is 13.7. The van der Waals surface area contributed by atoms with Gasteiger partial charge in [-0.2, -0.15) is 0 Å². The van der Waals surface area contributed by atoms with Crippen molar-refractivity contribution in [2.24, 2.45) is 0 Å². The van der Waals surface area contributed by atoms with Gasteiger partial charge in [0.25, 0.3) is 5.69 Å². The van der Waals surface area contributed by atoms with Crippen LogP contribution in [-0.2, 0) is 4.74 Å². The number of nitrogens with zero attached hydrogens (tertiary/aromatic N) is 1. The second-order valence-electron chi connectivity index (χ2n) is 4.63. The van der Waals surface area contributed by atoms with Gasteiger partial charge in [-0.3, -0.25) is 10.1 Å². The number of ether oxygens (including phenoxy) is 1. The molecule has 2 rings (SSSR count). The van der Waals surface area contributed by atoms with Crippen LogP contribution in [0.15, 0.2) is 18.2 Å². The number of non-ortho nitro benzene ring substituents is 1. The zero-order valence-electron chi connectivity index (χ0n) is 10.6. The van der Waals surface area contributed by atoms with Crippen LogP contribution in [0.2, 0.25) is 5.02 Å².